The van der Waals surface area contributed by atoms with Crippen molar-refractivity contribution in [3.8, 4) is 0 Å². The van der Waals surface area contributed by atoms with Gasteiger partial charge in [-0.05, 0) is 32.6 Å². The quantitative estimate of drug-likeness (QED) is 0.752. The lowest BCUT2D eigenvalue weighted by Crippen LogP contribution is -2.49. The van der Waals surface area contributed by atoms with Crippen molar-refractivity contribution in [1.29, 1.82) is 0 Å². The molecule has 0 aromatic rings. The van der Waals surface area contributed by atoms with Crippen molar-refractivity contribution in [2.45, 2.75) is 63.2 Å². The van der Waals surface area contributed by atoms with E-state index in [2.05, 4.69) is 22.8 Å². The summed E-state index contributed by atoms with van der Waals surface area (Å²) in [5.74, 6) is 0.416. The van der Waals surface area contributed by atoms with Gasteiger partial charge in [0.05, 0.1) is 24.2 Å². The summed E-state index contributed by atoms with van der Waals surface area (Å²) in [6.45, 7) is 2.99. The summed E-state index contributed by atoms with van der Waals surface area (Å²) in [5.41, 5.74) is 7.40. The Hall–Kier alpha value is -1.35. The van der Waals surface area contributed by atoms with Gasteiger partial charge in [-0.2, -0.15) is 0 Å². The number of hydrogen-bond donors (Lipinski definition) is 2. The topological polar surface area (TPSA) is 87.6 Å². The van der Waals surface area contributed by atoms with Gasteiger partial charge in [0.1, 0.15) is 6.10 Å². The van der Waals surface area contributed by atoms with Crippen molar-refractivity contribution in [1.82, 2.24) is 15.8 Å². The van der Waals surface area contributed by atoms with Gasteiger partial charge in [-0.25, -0.2) is 5.43 Å². The van der Waals surface area contributed by atoms with Crippen LogP contribution in [-0.4, -0.2) is 74.1 Å². The van der Waals surface area contributed by atoms with E-state index in [9.17, 15) is 4.79 Å². The van der Waals surface area contributed by atoms with E-state index >= 15 is 0 Å². The zero-order valence-corrected chi connectivity index (χ0v) is 15.7. The van der Waals surface area contributed by atoms with Crippen molar-refractivity contribution < 1.29 is 14.3 Å². The number of ether oxygens (including phenoxy) is 2. The Bertz CT molecular complexity index is 604. The van der Waals surface area contributed by atoms with Gasteiger partial charge in [0.25, 0.3) is 0 Å². The normalized spacial score (nSPS) is 42.9. The van der Waals surface area contributed by atoms with Gasteiger partial charge in [-0.1, -0.05) is 0 Å². The van der Waals surface area contributed by atoms with Gasteiger partial charge >= 0.3 is 0 Å². The van der Waals surface area contributed by atoms with Crippen molar-refractivity contribution in [2.24, 2.45) is 21.8 Å². The minimum absolute atomic E-state index is 0.0409. The number of carbonyl (C=O) groups excluding carboxylic acids is 1. The predicted molar refractivity (Wildman–Crippen MR) is 98.0 cm³/mol. The Morgan fingerprint density at radius 1 is 1.23 bits per heavy atom. The Balaban J connectivity index is 1.53. The Morgan fingerprint density at radius 2 is 2.08 bits per heavy atom. The van der Waals surface area contributed by atoms with Crippen molar-refractivity contribution in [3.63, 3.8) is 0 Å². The molecule has 8 nitrogen and oxygen atoms in total. The second-order valence-corrected chi connectivity index (χ2v) is 7.65. The molecular weight excluding hydrogens is 334 g/mol. The van der Waals surface area contributed by atoms with Crippen LogP contribution in [0, 0.1) is 11.8 Å². The second-order valence-electron chi connectivity index (χ2n) is 7.65. The van der Waals surface area contributed by atoms with E-state index < -0.39 is 0 Å². The molecule has 4 rings (SSSR count). The average molecular weight is 363 g/mol. The molecule has 2 fully saturated rings. The average Bonchev–Trinajstić information content (AvgIpc) is 3.28. The first-order valence-corrected chi connectivity index (χ1v) is 9.61. The highest BCUT2D eigenvalue weighted by atomic mass is 16.5. The third-order valence-corrected chi connectivity index (χ3v) is 6.25. The molecule has 1 amide bonds. The third kappa shape index (κ3) is 2.98. The van der Waals surface area contributed by atoms with E-state index in [1.165, 1.54) is 0 Å². The molecule has 2 N–H and O–H groups in total. The van der Waals surface area contributed by atoms with Gasteiger partial charge in [-0.15, -0.1) is 0 Å². The van der Waals surface area contributed by atoms with Crippen molar-refractivity contribution in [3.05, 3.63) is 0 Å². The summed E-state index contributed by atoms with van der Waals surface area (Å²) >= 11 is 0. The maximum absolute atomic E-state index is 12.9. The number of nitrogens with zero attached hydrogens (tertiary/aromatic N) is 3. The fourth-order valence-corrected chi connectivity index (χ4v) is 4.83. The number of rotatable bonds is 4. The monoisotopic (exact) mass is 363 g/mol. The molecule has 0 aromatic heterocycles. The maximum atomic E-state index is 12.9. The first kappa shape index (κ1) is 18.0. The van der Waals surface area contributed by atoms with E-state index in [1.807, 2.05) is 11.1 Å². The number of aliphatic imine (C=N–C) groups is 2. The smallest absolute Gasteiger partial charge is 0.233 e. The maximum Gasteiger partial charge on any atom is 0.233 e. The highest BCUT2D eigenvalue weighted by Gasteiger charge is 2.48. The summed E-state index contributed by atoms with van der Waals surface area (Å²) in [4.78, 5) is 24.5. The number of hydrazine groups is 1. The van der Waals surface area contributed by atoms with E-state index in [4.69, 9.17) is 14.5 Å². The molecular formula is C18H29N5O3. The molecule has 4 heterocycles. The Kier molecular flexibility index (Phi) is 5.09. The van der Waals surface area contributed by atoms with Crippen molar-refractivity contribution >= 4 is 17.8 Å². The summed E-state index contributed by atoms with van der Waals surface area (Å²) in [7, 11) is 3.36. The van der Waals surface area contributed by atoms with Crippen LogP contribution in [0.25, 0.3) is 0 Å². The van der Waals surface area contributed by atoms with E-state index in [0.717, 1.165) is 37.9 Å². The molecule has 4 aliphatic rings. The van der Waals surface area contributed by atoms with Crippen LogP contribution < -0.4 is 10.9 Å². The highest BCUT2D eigenvalue weighted by Crippen LogP contribution is 2.36. The number of nitrogens with one attached hydrogen (secondary N) is 2. The number of amides is 1. The molecule has 0 spiro atoms. The molecule has 0 aliphatic carbocycles. The van der Waals surface area contributed by atoms with E-state index in [0.29, 0.717) is 0 Å². The summed E-state index contributed by atoms with van der Waals surface area (Å²) in [6.07, 6.45) is 5.36. The Morgan fingerprint density at radius 3 is 2.77 bits per heavy atom. The largest absolute Gasteiger partial charge is 0.377 e. The first-order valence-electron chi connectivity index (χ1n) is 9.61. The van der Waals surface area contributed by atoms with Crippen LogP contribution in [0.2, 0.25) is 0 Å². The van der Waals surface area contributed by atoms with Crippen LogP contribution >= 0.6 is 0 Å². The molecule has 144 valence electrons. The molecule has 6 unspecified atom stereocenters. The zero-order valence-electron chi connectivity index (χ0n) is 15.7. The fraction of sp³-hybridized carbons (Fsp3) is 0.833. The first-order chi connectivity index (χ1) is 12.6. The zero-order chi connectivity index (χ0) is 18.3. The standard InChI is InChI=1S/C18H29N5O3/c1-10-16-12(18(24)23(10)15-6-7-20-22-15)4-5-13(21-16)11-8-14(25-2)17(26-3)19-9-11/h9-15,17,20,22H,4-8H2,1-3H3/t10-,11?,12?,13?,14?,15?,17?/m1/s1. The second kappa shape index (κ2) is 7.34. The lowest BCUT2D eigenvalue weighted by atomic mass is 9.83. The highest BCUT2D eigenvalue weighted by molar-refractivity contribution is 6.13. The molecule has 0 saturated carbocycles. The number of hydrogen-bond acceptors (Lipinski definition) is 7. The molecule has 0 aromatic carbocycles. The fourth-order valence-electron chi connectivity index (χ4n) is 4.83. The molecule has 0 radical (unpaired) electrons. The summed E-state index contributed by atoms with van der Waals surface area (Å²) in [6, 6.07) is 0.225. The minimum Gasteiger partial charge on any atom is -0.377 e. The van der Waals surface area contributed by atoms with Gasteiger partial charge in [0.15, 0.2) is 6.23 Å². The lowest BCUT2D eigenvalue weighted by molar-refractivity contribution is -0.134. The Labute approximate surface area is 154 Å². The van der Waals surface area contributed by atoms with Gasteiger partial charge in [0.2, 0.25) is 5.91 Å². The number of likely N-dealkylation sites (tertiary alicyclic amines) is 1. The number of methoxy groups -OCH3 is 2. The summed E-state index contributed by atoms with van der Waals surface area (Å²) < 4.78 is 10.9. The van der Waals surface area contributed by atoms with Gasteiger partial charge in [0, 0.05) is 38.6 Å². The molecule has 4 aliphatic heterocycles. The SMILES string of the molecule is COC1CC(C2CCC3C(=O)N(C4CCNN4)[C@H](C)C3=N2)C=NC1OC. The molecule has 0 bridgehead atoms. The van der Waals surface area contributed by atoms with Crippen LogP contribution in [0.5, 0.6) is 0 Å². The van der Waals surface area contributed by atoms with E-state index in [1.54, 1.807) is 14.2 Å². The molecule has 26 heavy (non-hydrogen) atoms. The minimum atomic E-state index is -0.233. The van der Waals surface area contributed by atoms with Crippen LogP contribution in [0.4, 0.5) is 0 Å². The van der Waals surface area contributed by atoms with Crippen LogP contribution in [-0.2, 0) is 14.3 Å². The van der Waals surface area contributed by atoms with Gasteiger partial charge in [-0.3, -0.25) is 20.2 Å². The van der Waals surface area contributed by atoms with E-state index in [-0.39, 0.29) is 48.3 Å². The molecule has 8 heteroatoms. The van der Waals surface area contributed by atoms with Crippen molar-refractivity contribution in [2.75, 3.05) is 20.8 Å². The van der Waals surface area contributed by atoms with Crippen LogP contribution in [0.3, 0.4) is 0 Å². The number of fused-ring (bicyclic) bond motifs is 1. The molecule has 7 atom stereocenters. The van der Waals surface area contributed by atoms with Crippen LogP contribution in [0.1, 0.15) is 32.6 Å². The molecule has 2 saturated heterocycles. The summed E-state index contributed by atoms with van der Waals surface area (Å²) in [5, 5.41) is 0. The third-order valence-electron chi connectivity index (χ3n) is 6.25. The van der Waals surface area contributed by atoms with Gasteiger partial charge < -0.3 is 14.4 Å². The number of carbonyl (C=O) groups is 1. The predicted octanol–water partition coefficient (Wildman–Crippen LogP) is 0.339. The van der Waals surface area contributed by atoms with Crippen LogP contribution in [0.15, 0.2) is 9.98 Å². The lowest BCUT2D eigenvalue weighted by Gasteiger charge is -2.34.